The van der Waals surface area contributed by atoms with Crippen LogP contribution >= 0.6 is 0 Å². The molecule has 136 valence electrons. The molecule has 0 saturated carbocycles. The van der Waals surface area contributed by atoms with Gasteiger partial charge >= 0.3 is 0 Å². The number of benzene rings is 2. The van der Waals surface area contributed by atoms with Gasteiger partial charge in [0.2, 0.25) is 0 Å². The van der Waals surface area contributed by atoms with Gasteiger partial charge in [-0.15, -0.1) is 0 Å². The van der Waals surface area contributed by atoms with Crippen LogP contribution in [-0.2, 0) is 19.4 Å². The molecule has 0 spiro atoms. The van der Waals surface area contributed by atoms with E-state index in [0.717, 1.165) is 29.5 Å². The van der Waals surface area contributed by atoms with E-state index in [-0.39, 0.29) is 12.1 Å². The van der Waals surface area contributed by atoms with Gasteiger partial charge in [-0.3, -0.25) is 4.79 Å². The molecular weight excluding hydrogens is 326 g/mol. The summed E-state index contributed by atoms with van der Waals surface area (Å²) in [4.78, 5) is 14.6. The molecule has 26 heavy (non-hydrogen) atoms. The average molecular weight is 351 g/mol. The summed E-state index contributed by atoms with van der Waals surface area (Å²) in [6, 6.07) is 14.4. The van der Waals surface area contributed by atoms with E-state index in [1.807, 2.05) is 25.2 Å². The van der Waals surface area contributed by atoms with Gasteiger partial charge in [-0.25, -0.2) is 10.9 Å². The molecule has 1 fully saturated rings. The van der Waals surface area contributed by atoms with Gasteiger partial charge in [0.15, 0.2) is 0 Å². The molecule has 1 aliphatic heterocycles. The second-order valence-electron chi connectivity index (χ2n) is 7.07. The Morgan fingerprint density at radius 2 is 1.81 bits per heavy atom. The number of fused-ring (bicyclic) bond motifs is 1. The standard InChI is InChI=1S/C20H25N5O/c1-25(13-14-5-4-8-17(11-14)19-21-23-24-22-19)20(26)18-10-9-15-6-2-3-7-16(15)12-18/h4-5,8-12,19,21-24H,2-3,6-7,13H2,1H3. The summed E-state index contributed by atoms with van der Waals surface area (Å²) < 4.78 is 0. The summed E-state index contributed by atoms with van der Waals surface area (Å²) in [6.45, 7) is 0.581. The minimum absolute atomic E-state index is 0.00314. The van der Waals surface area contributed by atoms with Crippen LogP contribution in [-0.4, -0.2) is 17.9 Å². The Labute approximate surface area is 153 Å². The minimum atomic E-state index is -0.00314. The van der Waals surface area contributed by atoms with Crippen molar-refractivity contribution in [1.82, 2.24) is 26.8 Å². The van der Waals surface area contributed by atoms with E-state index in [1.54, 1.807) is 4.90 Å². The van der Waals surface area contributed by atoms with E-state index in [2.05, 4.69) is 46.2 Å². The summed E-state index contributed by atoms with van der Waals surface area (Å²) in [5, 5.41) is 0. The van der Waals surface area contributed by atoms with Gasteiger partial charge in [0.05, 0.1) is 0 Å². The normalized spacial score (nSPS) is 17.1. The van der Waals surface area contributed by atoms with Crippen LogP contribution in [0.1, 0.15) is 51.6 Å². The first-order chi connectivity index (χ1) is 12.7. The number of hydrazine groups is 3. The third-order valence-electron chi connectivity index (χ3n) is 5.14. The van der Waals surface area contributed by atoms with Gasteiger partial charge in [-0.1, -0.05) is 30.3 Å². The molecule has 1 amide bonds. The second kappa shape index (κ2) is 7.55. The quantitative estimate of drug-likeness (QED) is 0.678. The molecule has 0 bridgehead atoms. The Bertz CT molecular complexity index is 801. The van der Waals surface area contributed by atoms with Crippen molar-refractivity contribution in [1.29, 1.82) is 0 Å². The van der Waals surface area contributed by atoms with Crippen molar-refractivity contribution in [3.8, 4) is 0 Å². The van der Waals surface area contributed by atoms with E-state index < -0.39 is 0 Å². The van der Waals surface area contributed by atoms with E-state index >= 15 is 0 Å². The minimum Gasteiger partial charge on any atom is -0.337 e. The number of rotatable bonds is 4. The van der Waals surface area contributed by atoms with E-state index in [4.69, 9.17) is 0 Å². The number of carbonyl (C=O) groups is 1. The summed E-state index contributed by atoms with van der Waals surface area (Å²) in [5.41, 5.74) is 17.5. The van der Waals surface area contributed by atoms with Crippen molar-refractivity contribution < 1.29 is 4.79 Å². The lowest BCUT2D eigenvalue weighted by Gasteiger charge is -2.21. The molecule has 0 atom stereocenters. The van der Waals surface area contributed by atoms with Crippen LogP contribution in [0.3, 0.4) is 0 Å². The molecule has 1 aliphatic carbocycles. The lowest BCUT2D eigenvalue weighted by atomic mass is 9.90. The maximum absolute atomic E-state index is 12.9. The molecule has 1 heterocycles. The van der Waals surface area contributed by atoms with Crippen molar-refractivity contribution in [3.63, 3.8) is 0 Å². The number of carbonyl (C=O) groups excluding carboxylic acids is 1. The maximum atomic E-state index is 12.9. The molecule has 6 heteroatoms. The predicted octanol–water partition coefficient (Wildman–Crippen LogP) is 1.95. The molecule has 4 N–H and O–H groups in total. The summed E-state index contributed by atoms with van der Waals surface area (Å²) in [7, 11) is 1.86. The molecule has 0 unspecified atom stereocenters. The van der Waals surface area contributed by atoms with Crippen molar-refractivity contribution in [2.45, 2.75) is 38.4 Å². The number of aryl methyl sites for hydroxylation is 2. The highest BCUT2D eigenvalue weighted by molar-refractivity contribution is 5.94. The fourth-order valence-corrected chi connectivity index (χ4v) is 3.72. The molecule has 0 aromatic heterocycles. The highest BCUT2D eigenvalue weighted by atomic mass is 16.2. The number of nitrogens with one attached hydrogen (secondary N) is 4. The van der Waals surface area contributed by atoms with E-state index in [1.165, 1.54) is 24.0 Å². The zero-order valence-electron chi connectivity index (χ0n) is 15.0. The molecule has 1 saturated heterocycles. The predicted molar refractivity (Wildman–Crippen MR) is 101 cm³/mol. The first-order valence-corrected chi connectivity index (χ1v) is 9.18. The fraction of sp³-hybridized carbons (Fsp3) is 0.350. The monoisotopic (exact) mass is 351 g/mol. The molecule has 2 aliphatic rings. The van der Waals surface area contributed by atoms with Gasteiger partial charge in [0, 0.05) is 19.2 Å². The van der Waals surface area contributed by atoms with Gasteiger partial charge in [0.1, 0.15) is 6.17 Å². The van der Waals surface area contributed by atoms with Crippen LogP contribution in [0.15, 0.2) is 42.5 Å². The molecule has 0 radical (unpaired) electrons. The SMILES string of the molecule is CN(Cc1cccc(C2NNNN2)c1)C(=O)c1ccc2c(c1)CCCC2. The Kier molecular flexibility index (Phi) is 4.99. The zero-order chi connectivity index (χ0) is 17.9. The van der Waals surface area contributed by atoms with Crippen molar-refractivity contribution in [3.05, 3.63) is 70.3 Å². The van der Waals surface area contributed by atoms with E-state index in [9.17, 15) is 4.79 Å². The lowest BCUT2D eigenvalue weighted by Crippen LogP contribution is -2.33. The molecule has 2 aromatic rings. The topological polar surface area (TPSA) is 68.4 Å². The maximum Gasteiger partial charge on any atom is 0.253 e. The third kappa shape index (κ3) is 3.64. The van der Waals surface area contributed by atoms with E-state index in [0.29, 0.717) is 6.54 Å². The van der Waals surface area contributed by atoms with Crippen LogP contribution in [0.4, 0.5) is 0 Å². The smallest absolute Gasteiger partial charge is 0.253 e. The first-order valence-electron chi connectivity index (χ1n) is 9.18. The summed E-state index contributed by atoms with van der Waals surface area (Å²) in [5.74, 6) is 0.0734. The summed E-state index contributed by atoms with van der Waals surface area (Å²) in [6.07, 6.45) is 4.70. The fourth-order valence-electron chi connectivity index (χ4n) is 3.72. The van der Waals surface area contributed by atoms with Crippen LogP contribution in [0.25, 0.3) is 0 Å². The van der Waals surface area contributed by atoms with Gasteiger partial charge < -0.3 is 4.90 Å². The van der Waals surface area contributed by atoms with Crippen molar-refractivity contribution in [2.24, 2.45) is 0 Å². The summed E-state index contributed by atoms with van der Waals surface area (Å²) >= 11 is 0. The van der Waals surface area contributed by atoms with Gasteiger partial charge in [-0.2, -0.15) is 11.1 Å². The number of nitrogens with zero attached hydrogens (tertiary/aromatic N) is 1. The van der Waals surface area contributed by atoms with Gasteiger partial charge in [-0.05, 0) is 60.1 Å². The zero-order valence-corrected chi connectivity index (χ0v) is 15.0. The van der Waals surface area contributed by atoms with Gasteiger partial charge in [0.25, 0.3) is 5.91 Å². The number of amides is 1. The van der Waals surface area contributed by atoms with Crippen LogP contribution < -0.4 is 21.9 Å². The molecular formula is C20H25N5O. The highest BCUT2D eigenvalue weighted by Gasteiger charge is 2.18. The second-order valence-corrected chi connectivity index (χ2v) is 7.07. The molecule has 6 nitrogen and oxygen atoms in total. The highest BCUT2D eigenvalue weighted by Crippen LogP contribution is 2.23. The van der Waals surface area contributed by atoms with Crippen LogP contribution in [0.2, 0.25) is 0 Å². The Balaban J connectivity index is 1.46. The van der Waals surface area contributed by atoms with Crippen molar-refractivity contribution in [2.75, 3.05) is 7.05 Å². The third-order valence-corrected chi connectivity index (χ3v) is 5.14. The first kappa shape index (κ1) is 17.2. The Hall–Kier alpha value is -2.25. The molecule has 4 rings (SSSR count). The van der Waals surface area contributed by atoms with Crippen LogP contribution in [0.5, 0.6) is 0 Å². The lowest BCUT2D eigenvalue weighted by molar-refractivity contribution is 0.0785. The Morgan fingerprint density at radius 3 is 2.62 bits per heavy atom. The molecule has 2 aromatic carbocycles. The largest absolute Gasteiger partial charge is 0.337 e. The van der Waals surface area contributed by atoms with Crippen molar-refractivity contribution >= 4 is 5.91 Å². The number of hydrogen-bond acceptors (Lipinski definition) is 5. The Morgan fingerprint density at radius 1 is 1.04 bits per heavy atom. The van der Waals surface area contributed by atoms with Crippen LogP contribution in [0, 0.1) is 0 Å². The average Bonchev–Trinajstić information content (AvgIpc) is 3.22. The number of hydrogen-bond donors (Lipinski definition) is 4.